The van der Waals surface area contributed by atoms with E-state index in [0.717, 1.165) is 22.0 Å². The van der Waals surface area contributed by atoms with Gasteiger partial charge in [0.1, 0.15) is 0 Å². The number of methoxy groups -OCH3 is 2. The topological polar surface area (TPSA) is 63.4 Å². The fraction of sp³-hybridized carbons (Fsp3) is 0.208. The van der Waals surface area contributed by atoms with E-state index in [9.17, 15) is 4.79 Å². The lowest BCUT2D eigenvalue weighted by atomic mass is 9.90. The maximum absolute atomic E-state index is 12.3. The normalized spacial score (nSPS) is 12.5. The van der Waals surface area contributed by atoms with Crippen LogP contribution in [-0.2, 0) is 4.79 Å². The number of para-hydroxylation sites is 2. The summed E-state index contributed by atoms with van der Waals surface area (Å²) >= 11 is 0. The molecule has 0 aliphatic heterocycles. The van der Waals surface area contributed by atoms with Gasteiger partial charge < -0.3 is 19.8 Å². The lowest BCUT2D eigenvalue weighted by Gasteiger charge is -2.21. The van der Waals surface area contributed by atoms with Crippen molar-refractivity contribution in [3.8, 4) is 11.5 Å². The van der Waals surface area contributed by atoms with Crippen LogP contribution in [0.4, 0.5) is 0 Å². The number of aromatic nitrogens is 1. The molecule has 29 heavy (non-hydrogen) atoms. The van der Waals surface area contributed by atoms with Gasteiger partial charge in [-0.15, -0.1) is 0 Å². The number of carbonyl (C=O) groups is 1. The van der Waals surface area contributed by atoms with Gasteiger partial charge in [0, 0.05) is 41.2 Å². The van der Waals surface area contributed by atoms with E-state index in [4.69, 9.17) is 9.47 Å². The summed E-state index contributed by atoms with van der Waals surface area (Å²) in [6.07, 6.45) is 8.94. The van der Waals surface area contributed by atoms with Gasteiger partial charge in [0.05, 0.1) is 14.2 Å². The Bertz CT molecular complexity index is 1030. The Morgan fingerprint density at radius 2 is 1.90 bits per heavy atom. The molecule has 3 aromatic rings. The molecule has 0 fully saturated rings. The average Bonchev–Trinajstić information content (AvgIpc) is 3.18. The van der Waals surface area contributed by atoms with Gasteiger partial charge in [0.25, 0.3) is 0 Å². The van der Waals surface area contributed by atoms with Crippen molar-refractivity contribution < 1.29 is 14.3 Å². The Hall–Kier alpha value is -3.47. The van der Waals surface area contributed by atoms with E-state index in [2.05, 4.69) is 16.4 Å². The molecule has 150 valence electrons. The van der Waals surface area contributed by atoms with Gasteiger partial charge in [-0.2, -0.15) is 0 Å². The molecule has 0 saturated heterocycles. The van der Waals surface area contributed by atoms with Crippen molar-refractivity contribution in [2.45, 2.75) is 12.8 Å². The van der Waals surface area contributed by atoms with E-state index in [-0.39, 0.29) is 11.8 Å². The van der Waals surface area contributed by atoms with Crippen LogP contribution in [0.5, 0.6) is 11.5 Å². The number of fused-ring (bicyclic) bond motifs is 1. The summed E-state index contributed by atoms with van der Waals surface area (Å²) in [5.74, 6) is 1.07. The van der Waals surface area contributed by atoms with E-state index in [0.29, 0.717) is 18.0 Å². The van der Waals surface area contributed by atoms with Crippen LogP contribution < -0.4 is 14.8 Å². The molecule has 5 nitrogen and oxygen atoms in total. The Balaban J connectivity index is 2.02. The second-order valence-electron chi connectivity index (χ2n) is 6.55. The summed E-state index contributed by atoms with van der Waals surface area (Å²) in [6, 6.07) is 13.9. The van der Waals surface area contributed by atoms with Crippen LogP contribution in [0.3, 0.4) is 0 Å². The van der Waals surface area contributed by atoms with Crippen molar-refractivity contribution in [3.63, 3.8) is 0 Å². The first-order valence-electron chi connectivity index (χ1n) is 9.53. The number of nitrogens with one attached hydrogen (secondary N) is 2. The Labute approximate surface area is 171 Å². The first-order chi connectivity index (χ1) is 14.2. The van der Waals surface area contributed by atoms with Gasteiger partial charge in [-0.25, -0.2) is 0 Å². The summed E-state index contributed by atoms with van der Waals surface area (Å²) < 4.78 is 11.2. The molecule has 0 aliphatic rings. The Morgan fingerprint density at radius 1 is 1.07 bits per heavy atom. The smallest absolute Gasteiger partial charge is 0.244 e. The number of hydrogen-bond acceptors (Lipinski definition) is 3. The largest absolute Gasteiger partial charge is 0.493 e. The highest BCUT2D eigenvalue weighted by molar-refractivity contribution is 5.88. The van der Waals surface area contributed by atoms with Crippen LogP contribution >= 0.6 is 0 Å². The fourth-order valence-electron chi connectivity index (χ4n) is 3.47. The third kappa shape index (κ3) is 4.51. The summed E-state index contributed by atoms with van der Waals surface area (Å²) in [5.41, 5.74) is 3.09. The third-order valence-corrected chi connectivity index (χ3v) is 4.84. The maximum atomic E-state index is 12.3. The highest BCUT2D eigenvalue weighted by Gasteiger charge is 2.23. The molecule has 1 heterocycles. The quantitative estimate of drug-likeness (QED) is 0.438. The predicted octanol–water partition coefficient (Wildman–Crippen LogP) is 4.57. The number of hydrogen-bond donors (Lipinski definition) is 2. The molecule has 5 heteroatoms. The molecule has 1 unspecified atom stereocenters. The molecule has 0 spiro atoms. The standard InChI is InChI=1S/C24H26N2O3/c1-4-5-6-14-23(27)26-16-20(18-11-9-13-22(28-2)24(18)29-3)19-15-25-21-12-8-7-10-17(19)21/h4-15,20,25H,16H2,1-3H3,(H,26,27)/b5-4+,14-6+. The summed E-state index contributed by atoms with van der Waals surface area (Å²) in [5, 5.41) is 4.12. The van der Waals surface area contributed by atoms with Gasteiger partial charge in [-0.3, -0.25) is 4.79 Å². The number of benzene rings is 2. The van der Waals surface area contributed by atoms with Crippen LogP contribution in [0, 0.1) is 0 Å². The molecule has 0 radical (unpaired) electrons. The Morgan fingerprint density at radius 3 is 2.66 bits per heavy atom. The first-order valence-corrected chi connectivity index (χ1v) is 9.53. The minimum Gasteiger partial charge on any atom is -0.493 e. The number of rotatable bonds is 8. The number of ether oxygens (including phenoxy) is 2. The summed E-state index contributed by atoms with van der Waals surface area (Å²) in [7, 11) is 3.25. The third-order valence-electron chi connectivity index (χ3n) is 4.84. The molecule has 1 amide bonds. The van der Waals surface area contributed by atoms with Crippen LogP contribution in [0.25, 0.3) is 10.9 Å². The molecule has 0 bridgehead atoms. The number of carbonyl (C=O) groups excluding carboxylic acids is 1. The molecule has 1 aromatic heterocycles. The van der Waals surface area contributed by atoms with Crippen LogP contribution in [0.2, 0.25) is 0 Å². The van der Waals surface area contributed by atoms with Gasteiger partial charge in [-0.05, 0) is 24.6 Å². The molecule has 2 aromatic carbocycles. The fourth-order valence-corrected chi connectivity index (χ4v) is 3.47. The molecule has 3 rings (SSSR count). The first kappa shape index (κ1) is 20.3. The van der Waals surface area contributed by atoms with Gasteiger partial charge in [0.2, 0.25) is 5.91 Å². The van der Waals surface area contributed by atoms with Gasteiger partial charge in [-0.1, -0.05) is 48.6 Å². The summed E-state index contributed by atoms with van der Waals surface area (Å²) in [6.45, 7) is 2.33. The van der Waals surface area contributed by atoms with E-state index < -0.39 is 0 Å². The monoisotopic (exact) mass is 390 g/mol. The highest BCUT2D eigenvalue weighted by atomic mass is 16.5. The zero-order valence-electron chi connectivity index (χ0n) is 16.9. The van der Waals surface area contributed by atoms with Gasteiger partial charge >= 0.3 is 0 Å². The Kier molecular flexibility index (Phi) is 6.74. The number of amides is 1. The summed E-state index contributed by atoms with van der Waals surface area (Å²) in [4.78, 5) is 15.6. The molecule has 1 atom stereocenters. The van der Waals surface area contributed by atoms with Crippen molar-refractivity contribution in [1.29, 1.82) is 0 Å². The van der Waals surface area contributed by atoms with Crippen LogP contribution in [0.15, 0.2) is 73.0 Å². The van der Waals surface area contributed by atoms with E-state index >= 15 is 0 Å². The van der Waals surface area contributed by atoms with E-state index in [1.54, 1.807) is 20.3 Å². The van der Waals surface area contributed by atoms with Crippen molar-refractivity contribution in [3.05, 3.63) is 84.1 Å². The SMILES string of the molecule is C/C=C/C=C/C(=O)NCC(c1cccc(OC)c1OC)c1c[nH]c2ccccc12. The highest BCUT2D eigenvalue weighted by Crippen LogP contribution is 2.40. The minimum absolute atomic E-state index is 0.115. The lowest BCUT2D eigenvalue weighted by molar-refractivity contribution is -0.116. The van der Waals surface area contributed by atoms with Gasteiger partial charge in [0.15, 0.2) is 11.5 Å². The molecule has 0 saturated carbocycles. The molecular formula is C24H26N2O3. The molecule has 0 aliphatic carbocycles. The number of allylic oxidation sites excluding steroid dienone is 3. The van der Waals surface area contributed by atoms with Crippen LogP contribution in [0.1, 0.15) is 24.0 Å². The van der Waals surface area contributed by atoms with E-state index in [1.165, 1.54) is 6.08 Å². The van der Waals surface area contributed by atoms with Crippen molar-refractivity contribution in [1.82, 2.24) is 10.3 Å². The molecular weight excluding hydrogens is 364 g/mol. The molecule has 2 N–H and O–H groups in total. The minimum atomic E-state index is -0.144. The van der Waals surface area contributed by atoms with Crippen LogP contribution in [-0.4, -0.2) is 31.7 Å². The number of aromatic amines is 1. The second kappa shape index (κ2) is 9.64. The van der Waals surface area contributed by atoms with E-state index in [1.807, 2.05) is 61.7 Å². The zero-order valence-corrected chi connectivity index (χ0v) is 16.9. The predicted molar refractivity (Wildman–Crippen MR) is 117 cm³/mol. The van der Waals surface area contributed by atoms with Crippen molar-refractivity contribution in [2.75, 3.05) is 20.8 Å². The van der Waals surface area contributed by atoms with Crippen molar-refractivity contribution >= 4 is 16.8 Å². The second-order valence-corrected chi connectivity index (χ2v) is 6.55. The van der Waals surface area contributed by atoms with Crippen molar-refractivity contribution in [2.24, 2.45) is 0 Å². The zero-order chi connectivity index (χ0) is 20.6. The maximum Gasteiger partial charge on any atom is 0.244 e. The lowest BCUT2D eigenvalue weighted by Crippen LogP contribution is -2.27. The average molecular weight is 390 g/mol. The number of H-pyrrole nitrogens is 1.